The number of hydrogen-bond acceptors (Lipinski definition) is 3. The zero-order chi connectivity index (χ0) is 12.3. The Kier molecular flexibility index (Phi) is 3.27. The lowest BCUT2D eigenvalue weighted by atomic mass is 10.3. The molecule has 5 heteroatoms. The maximum atomic E-state index is 11.7. The molecule has 0 amide bonds. The number of esters is 1. The highest BCUT2D eigenvalue weighted by Crippen LogP contribution is 2.09. The predicted octanol–water partition coefficient (Wildman–Crippen LogP) is 1.28. The Morgan fingerprint density at radius 2 is 2.18 bits per heavy atom. The van der Waals surface area contributed by atoms with E-state index in [1.807, 2.05) is 24.3 Å². The van der Waals surface area contributed by atoms with E-state index in [1.165, 1.54) is 0 Å². The van der Waals surface area contributed by atoms with Gasteiger partial charge in [0.2, 0.25) is 0 Å². The maximum Gasteiger partial charge on any atom is 0.326 e. The van der Waals surface area contributed by atoms with Crippen LogP contribution in [0.25, 0.3) is 11.0 Å². The second-order valence-electron chi connectivity index (χ2n) is 3.65. The normalized spacial score (nSPS) is 10.6. The number of ether oxygens (including phenoxy) is 1. The molecule has 0 fully saturated rings. The number of carbonyl (C=O) groups is 1. The molecule has 0 spiro atoms. The van der Waals surface area contributed by atoms with Crippen molar-refractivity contribution in [2.75, 3.05) is 6.61 Å². The lowest BCUT2D eigenvalue weighted by Gasteiger charge is -2.03. The zero-order valence-electron chi connectivity index (χ0n) is 9.60. The molecule has 0 aliphatic rings. The second kappa shape index (κ2) is 4.86. The Balaban J connectivity index is 2.21. The van der Waals surface area contributed by atoms with E-state index in [4.69, 9.17) is 4.74 Å². The van der Waals surface area contributed by atoms with Gasteiger partial charge in [-0.25, -0.2) is 4.79 Å². The minimum absolute atomic E-state index is 0.199. The number of aromatic amines is 1. The van der Waals surface area contributed by atoms with E-state index in [0.29, 0.717) is 13.2 Å². The number of nitrogens with zero attached hydrogens (tertiary/aromatic N) is 1. The number of aromatic nitrogens is 2. The Morgan fingerprint density at radius 3 is 2.94 bits per heavy atom. The van der Waals surface area contributed by atoms with Crippen molar-refractivity contribution >= 4 is 17.0 Å². The minimum atomic E-state index is -0.287. The van der Waals surface area contributed by atoms with Crippen molar-refractivity contribution in [3.8, 4) is 0 Å². The first-order valence-corrected chi connectivity index (χ1v) is 5.55. The molecule has 0 aliphatic carbocycles. The Morgan fingerprint density at radius 1 is 1.41 bits per heavy atom. The average Bonchev–Trinajstić information content (AvgIpc) is 2.62. The van der Waals surface area contributed by atoms with Crippen LogP contribution in [0.15, 0.2) is 29.1 Å². The van der Waals surface area contributed by atoms with Crippen molar-refractivity contribution in [3.05, 3.63) is 34.7 Å². The zero-order valence-corrected chi connectivity index (χ0v) is 9.60. The number of aryl methyl sites for hydroxylation is 1. The van der Waals surface area contributed by atoms with E-state index in [-0.39, 0.29) is 18.1 Å². The number of carbonyl (C=O) groups excluding carboxylic acids is 1. The molecule has 0 saturated carbocycles. The van der Waals surface area contributed by atoms with Crippen LogP contribution in [0.3, 0.4) is 0 Å². The summed E-state index contributed by atoms with van der Waals surface area (Å²) in [6, 6.07) is 7.39. The summed E-state index contributed by atoms with van der Waals surface area (Å²) in [5.74, 6) is -0.287. The molecule has 2 rings (SSSR count). The highest BCUT2D eigenvalue weighted by molar-refractivity contribution is 5.75. The summed E-state index contributed by atoms with van der Waals surface area (Å²) < 4.78 is 6.38. The quantitative estimate of drug-likeness (QED) is 0.810. The fraction of sp³-hybridized carbons (Fsp3) is 0.333. The van der Waals surface area contributed by atoms with Crippen LogP contribution >= 0.6 is 0 Å². The van der Waals surface area contributed by atoms with Gasteiger partial charge in [-0.15, -0.1) is 0 Å². The molecule has 1 heterocycles. The largest absolute Gasteiger partial charge is 0.466 e. The molecule has 0 radical (unpaired) electrons. The number of rotatable bonds is 4. The van der Waals surface area contributed by atoms with Gasteiger partial charge >= 0.3 is 11.7 Å². The maximum absolute atomic E-state index is 11.7. The lowest BCUT2D eigenvalue weighted by Crippen LogP contribution is -2.19. The number of para-hydroxylation sites is 2. The average molecular weight is 234 g/mol. The number of nitrogens with one attached hydrogen (secondary N) is 1. The van der Waals surface area contributed by atoms with Gasteiger partial charge in [0, 0.05) is 6.54 Å². The van der Waals surface area contributed by atoms with Gasteiger partial charge in [-0.3, -0.25) is 9.36 Å². The predicted molar refractivity (Wildman–Crippen MR) is 63.8 cm³/mol. The molecule has 17 heavy (non-hydrogen) atoms. The summed E-state index contributed by atoms with van der Waals surface area (Å²) in [5, 5.41) is 0. The Hall–Kier alpha value is -2.04. The molecule has 0 unspecified atom stereocenters. The fourth-order valence-corrected chi connectivity index (χ4v) is 1.77. The highest BCUT2D eigenvalue weighted by Gasteiger charge is 2.08. The van der Waals surface area contributed by atoms with Crippen LogP contribution in [0.4, 0.5) is 0 Å². The van der Waals surface area contributed by atoms with E-state index >= 15 is 0 Å². The van der Waals surface area contributed by atoms with E-state index < -0.39 is 0 Å². The lowest BCUT2D eigenvalue weighted by molar-refractivity contribution is -0.143. The minimum Gasteiger partial charge on any atom is -0.466 e. The van der Waals surface area contributed by atoms with Crippen molar-refractivity contribution < 1.29 is 9.53 Å². The van der Waals surface area contributed by atoms with Crippen LogP contribution in [0.2, 0.25) is 0 Å². The van der Waals surface area contributed by atoms with Gasteiger partial charge in [0.25, 0.3) is 0 Å². The van der Waals surface area contributed by atoms with E-state index in [9.17, 15) is 9.59 Å². The van der Waals surface area contributed by atoms with E-state index in [2.05, 4.69) is 4.98 Å². The van der Waals surface area contributed by atoms with Crippen LogP contribution in [-0.4, -0.2) is 22.1 Å². The van der Waals surface area contributed by atoms with Gasteiger partial charge in [-0.05, 0) is 19.1 Å². The van der Waals surface area contributed by atoms with Crippen molar-refractivity contribution in [1.29, 1.82) is 0 Å². The van der Waals surface area contributed by atoms with Gasteiger partial charge in [0.1, 0.15) is 0 Å². The standard InChI is InChI=1S/C12H14N2O3/c1-2-17-11(15)7-8-14-10-6-4-3-5-9(10)13-12(14)16/h3-6H,2,7-8H2,1H3,(H,13,16). The Labute approximate surface area is 98.0 Å². The van der Waals surface area contributed by atoms with Gasteiger partial charge in [-0.1, -0.05) is 12.1 Å². The molecule has 0 saturated heterocycles. The van der Waals surface area contributed by atoms with Crippen molar-refractivity contribution in [1.82, 2.24) is 9.55 Å². The van der Waals surface area contributed by atoms with Crippen LogP contribution < -0.4 is 5.69 Å². The summed E-state index contributed by atoms with van der Waals surface area (Å²) in [4.78, 5) is 25.6. The summed E-state index contributed by atoms with van der Waals surface area (Å²) in [7, 11) is 0. The van der Waals surface area contributed by atoms with Crippen LogP contribution in [0, 0.1) is 0 Å². The highest BCUT2D eigenvalue weighted by atomic mass is 16.5. The van der Waals surface area contributed by atoms with Gasteiger partial charge in [-0.2, -0.15) is 0 Å². The van der Waals surface area contributed by atoms with Crippen LogP contribution in [0.5, 0.6) is 0 Å². The van der Waals surface area contributed by atoms with E-state index in [1.54, 1.807) is 11.5 Å². The molecule has 0 aliphatic heterocycles. The number of H-pyrrole nitrogens is 1. The summed E-state index contributed by atoms with van der Waals surface area (Å²) in [6.07, 6.45) is 0.204. The monoisotopic (exact) mass is 234 g/mol. The van der Waals surface area contributed by atoms with Crippen LogP contribution in [0.1, 0.15) is 13.3 Å². The summed E-state index contributed by atoms with van der Waals surface area (Å²) >= 11 is 0. The van der Waals surface area contributed by atoms with Gasteiger partial charge < -0.3 is 9.72 Å². The van der Waals surface area contributed by atoms with Gasteiger partial charge in [0.05, 0.1) is 24.1 Å². The third kappa shape index (κ3) is 2.38. The molecule has 0 atom stereocenters. The van der Waals surface area contributed by atoms with Crippen LogP contribution in [-0.2, 0) is 16.1 Å². The molecule has 5 nitrogen and oxygen atoms in total. The second-order valence-corrected chi connectivity index (χ2v) is 3.65. The number of fused-ring (bicyclic) bond motifs is 1. The molecule has 1 aromatic heterocycles. The topological polar surface area (TPSA) is 64.1 Å². The number of benzene rings is 1. The molecule has 90 valence electrons. The third-order valence-corrected chi connectivity index (χ3v) is 2.53. The molecular formula is C12H14N2O3. The summed E-state index contributed by atoms with van der Waals surface area (Å²) in [5.41, 5.74) is 1.39. The van der Waals surface area contributed by atoms with Gasteiger partial charge in [0.15, 0.2) is 0 Å². The molecule has 1 aromatic carbocycles. The SMILES string of the molecule is CCOC(=O)CCn1c(=O)[nH]c2ccccc21. The first-order valence-electron chi connectivity index (χ1n) is 5.55. The van der Waals surface area contributed by atoms with E-state index in [0.717, 1.165) is 11.0 Å². The third-order valence-electron chi connectivity index (χ3n) is 2.53. The van der Waals surface area contributed by atoms with Crippen molar-refractivity contribution in [2.24, 2.45) is 0 Å². The first-order chi connectivity index (χ1) is 8.22. The number of hydrogen-bond donors (Lipinski definition) is 1. The smallest absolute Gasteiger partial charge is 0.326 e. The molecule has 1 N–H and O–H groups in total. The molecular weight excluding hydrogens is 220 g/mol. The van der Waals surface area contributed by atoms with Crippen molar-refractivity contribution in [2.45, 2.75) is 19.9 Å². The first kappa shape index (κ1) is 11.4. The number of imidazole rings is 1. The fourth-order valence-electron chi connectivity index (χ4n) is 1.77. The molecule has 2 aromatic rings. The molecule has 0 bridgehead atoms. The Bertz CT molecular complexity index is 583. The summed E-state index contributed by atoms with van der Waals surface area (Å²) in [6.45, 7) is 2.46. The van der Waals surface area contributed by atoms with Crippen molar-refractivity contribution in [3.63, 3.8) is 0 Å².